The van der Waals surface area contributed by atoms with E-state index in [0.29, 0.717) is 12.0 Å². The minimum absolute atomic E-state index is 0.503. The molecule has 2 nitrogen and oxygen atoms in total. The summed E-state index contributed by atoms with van der Waals surface area (Å²) in [4.78, 5) is 0. The standard InChI is InChI=1S/C17H23NO/c1-12(2)14(10-18-13(3)4)9-15-11-19-17-8-6-5-7-16(15)17/h5-9,11-13,18H,10H2,1-4H3/b14-9-. The van der Waals surface area contributed by atoms with Gasteiger partial charge in [0.1, 0.15) is 5.58 Å². The van der Waals surface area contributed by atoms with Gasteiger partial charge >= 0.3 is 0 Å². The summed E-state index contributed by atoms with van der Waals surface area (Å²) in [6.07, 6.45) is 4.11. The largest absolute Gasteiger partial charge is 0.464 e. The van der Waals surface area contributed by atoms with Gasteiger partial charge in [-0.3, -0.25) is 0 Å². The van der Waals surface area contributed by atoms with Crippen molar-refractivity contribution >= 4 is 17.0 Å². The summed E-state index contributed by atoms with van der Waals surface area (Å²) in [5.74, 6) is 0.528. The second-order valence-corrected chi connectivity index (χ2v) is 5.60. The molecule has 0 aliphatic heterocycles. The summed E-state index contributed by atoms with van der Waals surface area (Å²) in [5.41, 5.74) is 3.53. The molecule has 1 N–H and O–H groups in total. The fourth-order valence-corrected chi connectivity index (χ4v) is 2.05. The third kappa shape index (κ3) is 3.48. The molecule has 0 spiro atoms. The van der Waals surface area contributed by atoms with E-state index in [9.17, 15) is 0 Å². The Kier molecular flexibility index (Phi) is 4.43. The first kappa shape index (κ1) is 13.9. The van der Waals surface area contributed by atoms with Crippen LogP contribution in [0.5, 0.6) is 0 Å². The molecular weight excluding hydrogens is 234 g/mol. The Hall–Kier alpha value is -1.54. The highest BCUT2D eigenvalue weighted by Gasteiger charge is 2.08. The zero-order chi connectivity index (χ0) is 13.8. The molecule has 2 rings (SSSR count). The van der Waals surface area contributed by atoms with Gasteiger partial charge in [-0.2, -0.15) is 0 Å². The topological polar surface area (TPSA) is 25.2 Å². The normalized spacial score (nSPS) is 12.8. The smallest absolute Gasteiger partial charge is 0.134 e. The number of furan rings is 1. The van der Waals surface area contributed by atoms with E-state index in [1.165, 1.54) is 16.5 Å². The quantitative estimate of drug-likeness (QED) is 0.855. The van der Waals surface area contributed by atoms with Gasteiger partial charge in [0.2, 0.25) is 0 Å². The highest BCUT2D eigenvalue weighted by molar-refractivity contribution is 5.87. The molecule has 2 heteroatoms. The van der Waals surface area contributed by atoms with Gasteiger partial charge in [0.15, 0.2) is 0 Å². The van der Waals surface area contributed by atoms with Crippen LogP contribution in [0.2, 0.25) is 0 Å². The first-order chi connectivity index (χ1) is 9.08. The minimum atomic E-state index is 0.503. The lowest BCUT2D eigenvalue weighted by Gasteiger charge is -2.14. The molecule has 0 atom stereocenters. The van der Waals surface area contributed by atoms with Crippen LogP contribution in [0.3, 0.4) is 0 Å². The summed E-state index contributed by atoms with van der Waals surface area (Å²) < 4.78 is 5.59. The van der Waals surface area contributed by atoms with Crippen LogP contribution < -0.4 is 5.32 Å². The second kappa shape index (κ2) is 6.07. The number of fused-ring (bicyclic) bond motifs is 1. The third-order valence-corrected chi connectivity index (χ3v) is 3.31. The fourth-order valence-electron chi connectivity index (χ4n) is 2.05. The van der Waals surface area contributed by atoms with Crippen LogP contribution in [0.1, 0.15) is 33.3 Å². The maximum Gasteiger partial charge on any atom is 0.134 e. The van der Waals surface area contributed by atoms with Gasteiger partial charge in [-0.25, -0.2) is 0 Å². The van der Waals surface area contributed by atoms with Crippen molar-refractivity contribution in [3.63, 3.8) is 0 Å². The molecule has 102 valence electrons. The number of rotatable bonds is 5. The van der Waals surface area contributed by atoms with E-state index < -0.39 is 0 Å². The molecule has 0 radical (unpaired) electrons. The molecular formula is C17H23NO. The van der Waals surface area contributed by atoms with Gasteiger partial charge in [0.05, 0.1) is 6.26 Å². The van der Waals surface area contributed by atoms with E-state index in [1.54, 1.807) is 0 Å². The van der Waals surface area contributed by atoms with Gasteiger partial charge in [-0.05, 0) is 12.0 Å². The molecule has 0 saturated carbocycles. The van der Waals surface area contributed by atoms with Crippen molar-refractivity contribution in [3.8, 4) is 0 Å². The molecule has 0 aliphatic rings. The Bertz CT molecular complexity index is 563. The van der Waals surface area contributed by atoms with Crippen molar-refractivity contribution in [1.29, 1.82) is 0 Å². The van der Waals surface area contributed by atoms with Crippen LogP contribution in [0.15, 0.2) is 40.5 Å². The highest BCUT2D eigenvalue weighted by Crippen LogP contribution is 2.24. The molecule has 19 heavy (non-hydrogen) atoms. The van der Waals surface area contributed by atoms with Crippen LogP contribution in [-0.4, -0.2) is 12.6 Å². The second-order valence-electron chi connectivity index (χ2n) is 5.60. The van der Waals surface area contributed by atoms with Crippen LogP contribution in [0, 0.1) is 5.92 Å². The minimum Gasteiger partial charge on any atom is -0.464 e. The van der Waals surface area contributed by atoms with Crippen molar-refractivity contribution < 1.29 is 4.42 Å². The molecule has 1 aromatic carbocycles. The molecule has 0 aliphatic carbocycles. The van der Waals surface area contributed by atoms with Crippen LogP contribution >= 0.6 is 0 Å². The van der Waals surface area contributed by atoms with E-state index in [1.807, 2.05) is 18.4 Å². The molecule has 0 amide bonds. The number of benzene rings is 1. The van der Waals surface area contributed by atoms with Crippen molar-refractivity contribution in [2.45, 2.75) is 33.7 Å². The molecule has 2 aromatic rings. The van der Waals surface area contributed by atoms with E-state index in [4.69, 9.17) is 4.42 Å². The summed E-state index contributed by atoms with van der Waals surface area (Å²) in [6.45, 7) is 9.73. The van der Waals surface area contributed by atoms with Gasteiger partial charge in [-0.15, -0.1) is 0 Å². The predicted molar refractivity (Wildman–Crippen MR) is 82.2 cm³/mol. The average molecular weight is 257 g/mol. The zero-order valence-corrected chi connectivity index (χ0v) is 12.2. The Morgan fingerprint density at radius 1 is 1.21 bits per heavy atom. The molecule has 1 heterocycles. The Labute approximate surface area is 115 Å². The van der Waals surface area contributed by atoms with Gasteiger partial charge in [0, 0.05) is 23.5 Å². The predicted octanol–water partition coefficient (Wildman–Crippen LogP) is 4.47. The van der Waals surface area contributed by atoms with Crippen molar-refractivity contribution in [2.24, 2.45) is 5.92 Å². The Morgan fingerprint density at radius 3 is 2.63 bits per heavy atom. The highest BCUT2D eigenvalue weighted by atomic mass is 16.3. The molecule has 0 fully saturated rings. The van der Waals surface area contributed by atoms with Crippen LogP contribution in [0.25, 0.3) is 17.0 Å². The lowest BCUT2D eigenvalue weighted by atomic mass is 9.99. The summed E-state index contributed by atoms with van der Waals surface area (Å²) in [5, 5.41) is 4.67. The van der Waals surface area contributed by atoms with Gasteiger partial charge in [-0.1, -0.05) is 57.5 Å². The summed E-state index contributed by atoms with van der Waals surface area (Å²) in [7, 11) is 0. The first-order valence-corrected chi connectivity index (χ1v) is 6.98. The lowest BCUT2D eigenvalue weighted by molar-refractivity contribution is 0.592. The summed E-state index contributed by atoms with van der Waals surface area (Å²) in [6, 6.07) is 8.68. The van der Waals surface area contributed by atoms with E-state index in [0.717, 1.165) is 12.1 Å². The number of hydrogen-bond donors (Lipinski definition) is 1. The zero-order valence-electron chi connectivity index (χ0n) is 12.2. The summed E-state index contributed by atoms with van der Waals surface area (Å²) >= 11 is 0. The number of nitrogens with one attached hydrogen (secondary N) is 1. The SMILES string of the molecule is CC(C)NC/C(=C/c1coc2ccccc12)C(C)C. The molecule has 1 aromatic heterocycles. The fraction of sp³-hybridized carbons (Fsp3) is 0.412. The monoisotopic (exact) mass is 257 g/mol. The van der Waals surface area contributed by atoms with E-state index >= 15 is 0 Å². The number of para-hydroxylation sites is 1. The van der Waals surface area contributed by atoms with Gasteiger partial charge in [0.25, 0.3) is 0 Å². The molecule has 0 unspecified atom stereocenters. The van der Waals surface area contributed by atoms with Crippen molar-refractivity contribution in [1.82, 2.24) is 5.32 Å². The maximum absolute atomic E-state index is 5.59. The first-order valence-electron chi connectivity index (χ1n) is 6.98. The average Bonchev–Trinajstić information content (AvgIpc) is 2.77. The lowest BCUT2D eigenvalue weighted by Crippen LogP contribution is -2.26. The van der Waals surface area contributed by atoms with Crippen LogP contribution in [-0.2, 0) is 0 Å². The Balaban J connectivity index is 2.30. The van der Waals surface area contributed by atoms with Gasteiger partial charge < -0.3 is 9.73 Å². The molecule has 0 saturated heterocycles. The molecule has 0 bridgehead atoms. The maximum atomic E-state index is 5.59. The Morgan fingerprint density at radius 2 is 1.95 bits per heavy atom. The van der Waals surface area contributed by atoms with E-state index in [2.05, 4.69) is 51.2 Å². The van der Waals surface area contributed by atoms with Crippen LogP contribution in [0.4, 0.5) is 0 Å². The van der Waals surface area contributed by atoms with Crippen molar-refractivity contribution in [2.75, 3.05) is 6.54 Å². The third-order valence-electron chi connectivity index (χ3n) is 3.31. The van der Waals surface area contributed by atoms with Crippen molar-refractivity contribution in [3.05, 3.63) is 41.7 Å². The number of hydrogen-bond acceptors (Lipinski definition) is 2. The van der Waals surface area contributed by atoms with E-state index in [-0.39, 0.29) is 0 Å².